The summed E-state index contributed by atoms with van der Waals surface area (Å²) in [6.45, 7) is 3.25. The topological polar surface area (TPSA) is 45.7 Å². The molecule has 1 aromatic carbocycles. The van der Waals surface area contributed by atoms with Gasteiger partial charge >= 0.3 is 6.09 Å². The molecule has 3 aromatic rings. The van der Waals surface area contributed by atoms with Gasteiger partial charge in [-0.1, -0.05) is 24.3 Å². The largest absolute Gasteiger partial charge is 0.442 e. The lowest BCUT2D eigenvalue weighted by molar-refractivity contribution is 0.120. The van der Waals surface area contributed by atoms with Gasteiger partial charge in [-0.25, -0.2) is 4.79 Å². The van der Waals surface area contributed by atoms with E-state index < -0.39 is 0 Å². The maximum Gasteiger partial charge on any atom is 0.410 e. The summed E-state index contributed by atoms with van der Waals surface area (Å²) >= 11 is 1.85. The zero-order valence-electron chi connectivity index (χ0n) is 15.0. The Labute approximate surface area is 162 Å². The fourth-order valence-corrected chi connectivity index (χ4v) is 5.19. The molecule has 2 aromatic heterocycles. The molecule has 2 aliphatic heterocycles. The van der Waals surface area contributed by atoms with E-state index in [4.69, 9.17) is 4.74 Å². The van der Waals surface area contributed by atoms with Gasteiger partial charge in [-0.2, -0.15) is 0 Å². The fourth-order valence-electron chi connectivity index (χ4n) is 4.08. The van der Waals surface area contributed by atoms with E-state index in [1.165, 1.54) is 15.0 Å². The first-order valence-corrected chi connectivity index (χ1v) is 10.1. The lowest BCUT2D eigenvalue weighted by Crippen LogP contribution is -2.39. The van der Waals surface area contributed by atoms with Crippen molar-refractivity contribution in [1.82, 2.24) is 14.8 Å². The van der Waals surface area contributed by atoms with Crippen LogP contribution in [0.15, 0.2) is 54.7 Å². The number of benzene rings is 1. The summed E-state index contributed by atoms with van der Waals surface area (Å²) < 4.78 is 6.97. The maximum absolute atomic E-state index is 12.3. The van der Waals surface area contributed by atoms with Crippen LogP contribution in [0.25, 0.3) is 10.1 Å². The van der Waals surface area contributed by atoms with Gasteiger partial charge in [0, 0.05) is 54.1 Å². The number of likely N-dealkylation sites (tertiary alicyclic amines) is 1. The Morgan fingerprint density at radius 3 is 2.89 bits per heavy atom. The van der Waals surface area contributed by atoms with Crippen molar-refractivity contribution in [2.45, 2.75) is 25.1 Å². The molecule has 4 heterocycles. The maximum atomic E-state index is 12.3. The monoisotopic (exact) mass is 379 g/mol. The average molecular weight is 379 g/mol. The van der Waals surface area contributed by atoms with Crippen LogP contribution in [-0.2, 0) is 17.7 Å². The summed E-state index contributed by atoms with van der Waals surface area (Å²) in [6, 6.07) is 16.8. The molecular formula is C21H21N3O2S. The number of carbonyl (C=O) groups is 1. The molecule has 2 fully saturated rings. The summed E-state index contributed by atoms with van der Waals surface area (Å²) in [5.41, 5.74) is 1.01. The number of aromatic nitrogens is 1. The second-order valence-corrected chi connectivity index (χ2v) is 8.37. The van der Waals surface area contributed by atoms with E-state index >= 15 is 0 Å². The van der Waals surface area contributed by atoms with Crippen LogP contribution < -0.4 is 0 Å². The number of rotatable bonds is 5. The van der Waals surface area contributed by atoms with Crippen LogP contribution in [0.2, 0.25) is 0 Å². The van der Waals surface area contributed by atoms with Crippen LogP contribution >= 0.6 is 11.3 Å². The molecule has 27 heavy (non-hydrogen) atoms. The Bertz CT molecular complexity index is 925. The molecule has 5 rings (SSSR count). The summed E-state index contributed by atoms with van der Waals surface area (Å²) in [5, 5.41) is 1.31. The Balaban J connectivity index is 1.24. The van der Waals surface area contributed by atoms with Crippen molar-refractivity contribution in [3.8, 4) is 0 Å². The quantitative estimate of drug-likeness (QED) is 0.680. The molecule has 0 spiro atoms. The van der Waals surface area contributed by atoms with Crippen LogP contribution in [0.1, 0.15) is 10.6 Å². The van der Waals surface area contributed by atoms with E-state index in [1.807, 2.05) is 34.4 Å². The highest BCUT2D eigenvalue weighted by molar-refractivity contribution is 7.19. The third-order valence-electron chi connectivity index (χ3n) is 5.39. The number of hydrogen-bond acceptors (Lipinski definition) is 5. The van der Waals surface area contributed by atoms with Crippen LogP contribution in [0.5, 0.6) is 0 Å². The van der Waals surface area contributed by atoms with Gasteiger partial charge in [-0.3, -0.25) is 14.8 Å². The van der Waals surface area contributed by atoms with Gasteiger partial charge in [0.1, 0.15) is 6.10 Å². The highest BCUT2D eigenvalue weighted by atomic mass is 32.1. The molecule has 2 aliphatic rings. The number of thiophene rings is 1. The lowest BCUT2D eigenvalue weighted by atomic mass is 10.2. The highest BCUT2D eigenvalue weighted by Crippen LogP contribution is 2.31. The lowest BCUT2D eigenvalue weighted by Gasteiger charge is -2.22. The predicted molar refractivity (Wildman–Crippen MR) is 106 cm³/mol. The van der Waals surface area contributed by atoms with Gasteiger partial charge in [-0.05, 0) is 29.7 Å². The van der Waals surface area contributed by atoms with E-state index in [9.17, 15) is 4.79 Å². The first kappa shape index (κ1) is 16.7. The van der Waals surface area contributed by atoms with Gasteiger partial charge in [0.2, 0.25) is 0 Å². The molecule has 2 atom stereocenters. The molecular weight excluding hydrogens is 358 g/mol. The van der Waals surface area contributed by atoms with Crippen molar-refractivity contribution < 1.29 is 9.53 Å². The van der Waals surface area contributed by atoms with Gasteiger partial charge in [0.15, 0.2) is 0 Å². The molecule has 0 bridgehead atoms. The van der Waals surface area contributed by atoms with Gasteiger partial charge in [0.25, 0.3) is 0 Å². The molecule has 5 nitrogen and oxygen atoms in total. The Hall–Kier alpha value is -2.44. The van der Waals surface area contributed by atoms with E-state index in [-0.39, 0.29) is 18.2 Å². The smallest absolute Gasteiger partial charge is 0.410 e. The minimum Gasteiger partial charge on any atom is -0.442 e. The molecule has 2 saturated heterocycles. The Kier molecular flexibility index (Phi) is 4.30. The minimum atomic E-state index is -0.178. The number of carbonyl (C=O) groups excluding carboxylic acids is 1. The third-order valence-corrected chi connectivity index (χ3v) is 6.49. The molecule has 0 unspecified atom stereocenters. The van der Waals surface area contributed by atoms with Crippen molar-refractivity contribution in [3.63, 3.8) is 0 Å². The number of nitrogens with zero attached hydrogens (tertiary/aromatic N) is 3. The van der Waals surface area contributed by atoms with Crippen LogP contribution in [0, 0.1) is 0 Å². The second kappa shape index (κ2) is 6.94. The van der Waals surface area contributed by atoms with Gasteiger partial charge < -0.3 is 4.74 Å². The molecule has 1 amide bonds. The Morgan fingerprint density at radius 2 is 2.04 bits per heavy atom. The number of amides is 1. The summed E-state index contributed by atoms with van der Waals surface area (Å²) in [6.07, 6.45) is 2.36. The molecule has 138 valence electrons. The fraction of sp³-hybridized carbons (Fsp3) is 0.333. The van der Waals surface area contributed by atoms with Crippen LogP contribution in [0.4, 0.5) is 4.79 Å². The number of fused-ring (bicyclic) bond motifs is 2. The normalized spacial score (nSPS) is 22.4. The molecule has 0 saturated carbocycles. The minimum absolute atomic E-state index is 0.0180. The molecule has 6 heteroatoms. The van der Waals surface area contributed by atoms with Crippen molar-refractivity contribution in [2.75, 3.05) is 19.6 Å². The van der Waals surface area contributed by atoms with Crippen molar-refractivity contribution in [3.05, 3.63) is 65.3 Å². The summed E-state index contributed by atoms with van der Waals surface area (Å²) in [4.78, 5) is 22.3. The highest BCUT2D eigenvalue weighted by Gasteiger charge is 2.47. The average Bonchev–Trinajstić information content (AvgIpc) is 3.33. The van der Waals surface area contributed by atoms with Crippen molar-refractivity contribution in [2.24, 2.45) is 0 Å². The third kappa shape index (κ3) is 3.31. The van der Waals surface area contributed by atoms with Gasteiger partial charge in [0.05, 0.1) is 6.04 Å². The van der Waals surface area contributed by atoms with Gasteiger partial charge in [-0.15, -0.1) is 11.3 Å². The molecule has 0 N–H and O–H groups in total. The SMILES string of the molecule is O=C1O[C@@H]2CN(Cc3cc4ccccc4s3)C[C@@H]2N1CCc1ccccn1. The Morgan fingerprint density at radius 1 is 1.15 bits per heavy atom. The van der Waals surface area contributed by atoms with E-state index in [0.717, 1.165) is 31.7 Å². The van der Waals surface area contributed by atoms with E-state index in [2.05, 4.69) is 40.2 Å². The van der Waals surface area contributed by atoms with Crippen LogP contribution in [-0.4, -0.2) is 52.7 Å². The molecule has 0 aliphatic carbocycles. The number of ether oxygens (including phenoxy) is 1. The predicted octanol–water partition coefficient (Wildman–Crippen LogP) is 3.54. The van der Waals surface area contributed by atoms with Crippen LogP contribution in [0.3, 0.4) is 0 Å². The summed E-state index contributed by atoms with van der Waals surface area (Å²) in [5.74, 6) is 0. The zero-order chi connectivity index (χ0) is 18.2. The van der Waals surface area contributed by atoms with E-state index in [1.54, 1.807) is 6.20 Å². The first-order valence-electron chi connectivity index (χ1n) is 9.33. The first-order chi connectivity index (χ1) is 13.3. The molecule has 0 radical (unpaired) electrons. The van der Waals surface area contributed by atoms with Crippen molar-refractivity contribution >= 4 is 27.5 Å². The zero-order valence-corrected chi connectivity index (χ0v) is 15.8. The van der Waals surface area contributed by atoms with Crippen molar-refractivity contribution in [1.29, 1.82) is 0 Å². The number of pyridine rings is 1. The standard InChI is InChI=1S/C21H21N3O2S/c25-21-24(10-8-16-6-3-4-9-22-16)18-13-23(14-19(18)26-21)12-17-11-15-5-1-2-7-20(15)27-17/h1-7,9,11,18-19H,8,10,12-14H2/t18-,19+/m0/s1. The number of hydrogen-bond donors (Lipinski definition) is 0. The van der Waals surface area contributed by atoms with E-state index in [0.29, 0.717) is 6.54 Å². The second-order valence-electron chi connectivity index (χ2n) is 7.20. The summed E-state index contributed by atoms with van der Waals surface area (Å²) in [7, 11) is 0.